The largest absolute Gasteiger partial charge is 0.461 e. The fraction of sp³-hybridized carbons (Fsp3) is 0.357. The summed E-state index contributed by atoms with van der Waals surface area (Å²) < 4.78 is 5.04. The van der Waals surface area contributed by atoms with E-state index in [1.807, 2.05) is 25.1 Å². The Morgan fingerprint density at radius 3 is 2.70 bits per heavy atom. The van der Waals surface area contributed by atoms with Crippen molar-refractivity contribution in [2.75, 3.05) is 11.6 Å². The number of esters is 1. The van der Waals surface area contributed by atoms with Crippen molar-refractivity contribution in [1.82, 2.24) is 0 Å². The molecule has 1 unspecified atom stereocenters. The van der Waals surface area contributed by atoms with Crippen molar-refractivity contribution in [1.29, 1.82) is 0 Å². The van der Waals surface area contributed by atoms with Gasteiger partial charge in [0.25, 0.3) is 0 Å². The van der Waals surface area contributed by atoms with Crippen LogP contribution in [0.3, 0.4) is 0 Å². The van der Waals surface area contributed by atoms with Crippen molar-refractivity contribution < 1.29 is 14.3 Å². The van der Waals surface area contributed by atoms with E-state index in [4.69, 9.17) is 10.5 Å². The number of nitrogens with zero attached hydrogens (tertiary/aromatic N) is 2. The summed E-state index contributed by atoms with van der Waals surface area (Å²) in [5.41, 5.74) is 6.33. The van der Waals surface area contributed by atoms with Gasteiger partial charge in [-0.15, -0.1) is 0 Å². The lowest BCUT2D eigenvalue weighted by molar-refractivity contribution is -0.135. The van der Waals surface area contributed by atoms with Crippen molar-refractivity contribution in [3.05, 3.63) is 30.3 Å². The van der Waals surface area contributed by atoms with Crippen LogP contribution < -0.4 is 10.7 Å². The molecule has 2 N–H and O–H groups in total. The first kappa shape index (κ1) is 14.0. The second-order valence-electron chi connectivity index (χ2n) is 4.49. The fourth-order valence-corrected chi connectivity index (χ4v) is 1.95. The number of para-hydroxylation sites is 1. The summed E-state index contributed by atoms with van der Waals surface area (Å²) in [7, 11) is 0. The van der Waals surface area contributed by atoms with Crippen molar-refractivity contribution in [2.45, 2.75) is 25.8 Å². The topological polar surface area (TPSA) is 85.0 Å². The Bertz CT molecular complexity index is 528. The van der Waals surface area contributed by atoms with Crippen LogP contribution in [0.15, 0.2) is 35.4 Å². The third-order valence-corrected chi connectivity index (χ3v) is 2.93. The zero-order chi connectivity index (χ0) is 14.5. The smallest absolute Gasteiger partial charge is 0.354 e. The molecule has 106 valence electrons. The van der Waals surface area contributed by atoms with Crippen LogP contribution in [-0.4, -0.2) is 30.2 Å². The summed E-state index contributed by atoms with van der Waals surface area (Å²) in [6.07, 6.45) is 0.910. The molecule has 1 amide bonds. The molecule has 6 nitrogen and oxygen atoms in total. The molecule has 1 heterocycles. The van der Waals surface area contributed by atoms with Gasteiger partial charge in [0.1, 0.15) is 11.8 Å². The van der Waals surface area contributed by atoms with Gasteiger partial charge in [0, 0.05) is 6.42 Å². The molecule has 1 aliphatic rings. The third-order valence-electron chi connectivity index (χ3n) is 2.93. The summed E-state index contributed by atoms with van der Waals surface area (Å²) >= 11 is 0. The number of anilines is 1. The summed E-state index contributed by atoms with van der Waals surface area (Å²) in [6.45, 7) is 2.25. The summed E-state index contributed by atoms with van der Waals surface area (Å²) in [5, 5.41) is 5.67. The highest BCUT2D eigenvalue weighted by molar-refractivity contribution is 6.38. The molecule has 0 aromatic heterocycles. The average molecular weight is 275 g/mol. The number of nitrogens with two attached hydrogens (primary N) is 1. The van der Waals surface area contributed by atoms with Gasteiger partial charge >= 0.3 is 5.97 Å². The van der Waals surface area contributed by atoms with Crippen LogP contribution in [0, 0.1) is 0 Å². The number of carbonyl (C=O) groups excluding carboxylic acids is 2. The fourth-order valence-electron chi connectivity index (χ4n) is 1.95. The second-order valence-corrected chi connectivity index (χ2v) is 4.49. The molecular formula is C14H17N3O3. The van der Waals surface area contributed by atoms with E-state index < -0.39 is 17.9 Å². The van der Waals surface area contributed by atoms with E-state index in [2.05, 4.69) is 5.10 Å². The molecule has 1 aromatic carbocycles. The van der Waals surface area contributed by atoms with E-state index in [9.17, 15) is 9.59 Å². The summed E-state index contributed by atoms with van der Waals surface area (Å²) in [6, 6.07) is 8.48. The molecule has 0 aliphatic carbocycles. The first-order valence-corrected chi connectivity index (χ1v) is 6.51. The zero-order valence-electron chi connectivity index (χ0n) is 11.3. The van der Waals surface area contributed by atoms with Gasteiger partial charge in [0.2, 0.25) is 5.91 Å². The lowest BCUT2D eigenvalue weighted by atomic mass is 10.1. The Labute approximate surface area is 117 Å². The minimum atomic E-state index is -0.651. The number of hydrazone groups is 1. The maximum atomic E-state index is 11.8. The molecule has 20 heavy (non-hydrogen) atoms. The van der Waals surface area contributed by atoms with Crippen molar-refractivity contribution >= 4 is 23.3 Å². The molecule has 0 radical (unpaired) electrons. The van der Waals surface area contributed by atoms with Crippen molar-refractivity contribution in [2.24, 2.45) is 10.8 Å². The highest BCUT2D eigenvalue weighted by atomic mass is 16.5. The summed E-state index contributed by atoms with van der Waals surface area (Å²) in [5.74, 6) is -1.01. The Morgan fingerprint density at radius 1 is 1.40 bits per heavy atom. The highest BCUT2D eigenvalue weighted by Gasteiger charge is 2.35. The van der Waals surface area contributed by atoms with Crippen LogP contribution in [0.4, 0.5) is 5.69 Å². The van der Waals surface area contributed by atoms with Crippen molar-refractivity contribution in [3.8, 4) is 0 Å². The van der Waals surface area contributed by atoms with E-state index in [0.717, 1.165) is 12.1 Å². The molecule has 0 saturated heterocycles. The number of benzene rings is 1. The number of primary amides is 1. The Hall–Kier alpha value is -2.37. The molecule has 6 heteroatoms. The molecule has 1 aromatic rings. The molecule has 0 spiro atoms. The average Bonchev–Trinajstić information content (AvgIpc) is 2.91. The van der Waals surface area contributed by atoms with Crippen LogP contribution in [0.1, 0.15) is 19.8 Å². The van der Waals surface area contributed by atoms with Crippen LogP contribution in [0.25, 0.3) is 0 Å². The van der Waals surface area contributed by atoms with Gasteiger partial charge in [-0.2, -0.15) is 5.10 Å². The molecule has 0 bridgehead atoms. The van der Waals surface area contributed by atoms with E-state index in [-0.39, 0.29) is 12.1 Å². The SMILES string of the molecule is CCCOC(=O)C1=NN(c2ccccc2)C(C(N)=O)C1. The Balaban J connectivity index is 2.21. The van der Waals surface area contributed by atoms with Crippen molar-refractivity contribution in [3.63, 3.8) is 0 Å². The number of hydrogen-bond acceptors (Lipinski definition) is 5. The maximum Gasteiger partial charge on any atom is 0.354 e. The predicted octanol–water partition coefficient (Wildman–Crippen LogP) is 1.06. The molecular weight excluding hydrogens is 258 g/mol. The lowest BCUT2D eigenvalue weighted by Gasteiger charge is -2.20. The van der Waals surface area contributed by atoms with Gasteiger partial charge in [-0.1, -0.05) is 25.1 Å². The minimum absolute atomic E-state index is 0.173. The number of amides is 1. The maximum absolute atomic E-state index is 11.8. The van der Waals surface area contributed by atoms with E-state index in [1.54, 1.807) is 12.1 Å². The van der Waals surface area contributed by atoms with Crippen LogP contribution in [0.5, 0.6) is 0 Å². The molecule has 1 atom stereocenters. The molecule has 0 saturated carbocycles. The van der Waals surface area contributed by atoms with Gasteiger partial charge < -0.3 is 10.5 Å². The molecule has 2 rings (SSSR count). The monoisotopic (exact) mass is 275 g/mol. The number of rotatable bonds is 5. The number of carbonyl (C=O) groups is 2. The lowest BCUT2D eigenvalue weighted by Crippen LogP contribution is -2.39. The third kappa shape index (κ3) is 2.96. The van der Waals surface area contributed by atoms with E-state index in [1.165, 1.54) is 5.01 Å². The Morgan fingerprint density at radius 2 is 2.10 bits per heavy atom. The van der Waals surface area contributed by atoms with Gasteiger partial charge in [0.15, 0.2) is 0 Å². The van der Waals surface area contributed by atoms with Crippen LogP contribution in [-0.2, 0) is 14.3 Å². The van der Waals surface area contributed by atoms with E-state index >= 15 is 0 Å². The van der Waals surface area contributed by atoms with Gasteiger partial charge in [0.05, 0.1) is 12.3 Å². The molecule has 1 aliphatic heterocycles. The van der Waals surface area contributed by atoms with E-state index in [0.29, 0.717) is 6.61 Å². The first-order valence-electron chi connectivity index (χ1n) is 6.51. The van der Waals surface area contributed by atoms with Crippen LogP contribution in [0.2, 0.25) is 0 Å². The molecule has 0 fully saturated rings. The van der Waals surface area contributed by atoms with Gasteiger partial charge in [-0.05, 0) is 18.6 Å². The van der Waals surface area contributed by atoms with Gasteiger partial charge in [-0.25, -0.2) is 4.79 Å². The zero-order valence-corrected chi connectivity index (χ0v) is 11.3. The summed E-state index contributed by atoms with van der Waals surface area (Å²) in [4.78, 5) is 23.3. The number of ether oxygens (including phenoxy) is 1. The van der Waals surface area contributed by atoms with Crippen LogP contribution >= 0.6 is 0 Å². The first-order chi connectivity index (χ1) is 9.63. The number of hydrogen-bond donors (Lipinski definition) is 1. The van der Waals surface area contributed by atoms with Gasteiger partial charge in [-0.3, -0.25) is 9.80 Å². The minimum Gasteiger partial charge on any atom is -0.461 e. The standard InChI is InChI=1S/C14H17N3O3/c1-2-8-20-14(19)11-9-12(13(15)18)17(16-11)10-6-4-3-5-7-10/h3-7,12H,2,8-9H2,1H3,(H2,15,18). The Kier molecular flexibility index (Phi) is 4.34. The highest BCUT2D eigenvalue weighted by Crippen LogP contribution is 2.24. The normalized spacial score (nSPS) is 17.8. The second kappa shape index (κ2) is 6.18. The predicted molar refractivity (Wildman–Crippen MR) is 75.2 cm³/mol. The quantitative estimate of drug-likeness (QED) is 0.814.